The van der Waals surface area contributed by atoms with Gasteiger partial charge in [-0.2, -0.15) is 5.10 Å². The van der Waals surface area contributed by atoms with Crippen LogP contribution in [0.3, 0.4) is 0 Å². The maximum atomic E-state index is 12.4. The minimum absolute atomic E-state index is 0.238. The van der Waals surface area contributed by atoms with Crippen LogP contribution in [-0.2, 0) is 4.79 Å². The molecule has 1 aliphatic heterocycles. The van der Waals surface area contributed by atoms with Crippen LogP contribution in [0.25, 0.3) is 0 Å². The first-order valence-corrected chi connectivity index (χ1v) is 8.50. The number of carbonyl (C=O) groups excluding carboxylic acids is 1. The van der Waals surface area contributed by atoms with Crippen molar-refractivity contribution >= 4 is 29.0 Å². The first-order valence-electron chi connectivity index (χ1n) is 8.50. The second kappa shape index (κ2) is 7.39. The van der Waals surface area contributed by atoms with E-state index >= 15 is 0 Å². The number of hydrogen-bond acceptors (Lipinski definition) is 4. The van der Waals surface area contributed by atoms with E-state index in [9.17, 15) is 9.59 Å². The smallest absolute Gasteiger partial charge is 0.310 e. The Balaban J connectivity index is 1.70. The van der Waals surface area contributed by atoms with Gasteiger partial charge >= 0.3 is 5.97 Å². The summed E-state index contributed by atoms with van der Waals surface area (Å²) < 4.78 is 0. The lowest BCUT2D eigenvalue weighted by Crippen LogP contribution is -2.14. The first kappa shape index (κ1) is 17.7. The van der Waals surface area contributed by atoms with Crippen molar-refractivity contribution in [2.24, 2.45) is 5.10 Å². The van der Waals surface area contributed by atoms with Gasteiger partial charge < -0.3 is 10.4 Å². The predicted octanol–water partition coefficient (Wildman–Crippen LogP) is 3.71. The Bertz CT molecular complexity index is 859. The highest BCUT2D eigenvalue weighted by molar-refractivity contribution is 6.04. The highest BCUT2D eigenvalue weighted by Crippen LogP contribution is 2.22. The Labute approximate surface area is 152 Å². The Kier molecular flexibility index (Phi) is 5.02. The van der Waals surface area contributed by atoms with E-state index in [1.165, 1.54) is 0 Å². The lowest BCUT2D eigenvalue weighted by Gasteiger charge is -2.14. The van der Waals surface area contributed by atoms with Crippen molar-refractivity contribution in [3.8, 4) is 0 Å². The largest absolute Gasteiger partial charge is 0.481 e. The number of aliphatic carboxylic acids is 1. The van der Waals surface area contributed by atoms with Gasteiger partial charge in [-0.3, -0.25) is 14.6 Å². The van der Waals surface area contributed by atoms with Crippen molar-refractivity contribution < 1.29 is 14.7 Å². The molecule has 0 aromatic heterocycles. The molecule has 1 amide bonds. The highest BCUT2D eigenvalue weighted by atomic mass is 16.4. The van der Waals surface area contributed by atoms with Gasteiger partial charge in [0.25, 0.3) is 5.91 Å². The zero-order valence-electron chi connectivity index (χ0n) is 14.8. The van der Waals surface area contributed by atoms with Crippen molar-refractivity contribution in [3.05, 3.63) is 59.7 Å². The third-order valence-electron chi connectivity index (χ3n) is 4.42. The monoisotopic (exact) mass is 351 g/mol. The fourth-order valence-electron chi connectivity index (χ4n) is 2.78. The minimum atomic E-state index is -0.899. The molecule has 0 spiro atoms. The number of carboxylic acids is 1. The maximum absolute atomic E-state index is 12.4. The fraction of sp³-hybridized carbons (Fsp3) is 0.250. The molecule has 26 heavy (non-hydrogen) atoms. The Hall–Kier alpha value is -3.15. The molecule has 1 heterocycles. The summed E-state index contributed by atoms with van der Waals surface area (Å²) in [5.74, 6) is -1.77. The molecule has 0 saturated carbocycles. The SMILES string of the molecule is CC1=NN(c2ccc(C(=O)Nc3cccc(C(C)C(=O)O)c3)cc2)CC1. The third kappa shape index (κ3) is 3.91. The van der Waals surface area contributed by atoms with E-state index in [2.05, 4.69) is 10.4 Å². The standard InChI is InChI=1S/C20H21N3O3/c1-13-10-11-23(22-13)18-8-6-15(7-9-18)19(24)21-17-5-3-4-16(12-17)14(2)20(25)26/h3-9,12,14H,10-11H2,1-2H3,(H,21,24)(H,25,26). The van der Waals surface area contributed by atoms with Crippen LogP contribution in [0, 0.1) is 0 Å². The van der Waals surface area contributed by atoms with E-state index < -0.39 is 11.9 Å². The number of carbonyl (C=O) groups is 2. The topological polar surface area (TPSA) is 82.0 Å². The molecule has 6 nitrogen and oxygen atoms in total. The van der Waals surface area contributed by atoms with Crippen molar-refractivity contribution in [2.75, 3.05) is 16.9 Å². The average Bonchev–Trinajstić information content (AvgIpc) is 3.07. The number of hydrazone groups is 1. The molecule has 3 rings (SSSR count). The van der Waals surface area contributed by atoms with Crippen LogP contribution in [0.2, 0.25) is 0 Å². The molecule has 1 atom stereocenters. The number of carboxylic acid groups (broad SMARTS) is 1. The number of amides is 1. The maximum Gasteiger partial charge on any atom is 0.310 e. The summed E-state index contributed by atoms with van der Waals surface area (Å²) in [4.78, 5) is 23.6. The zero-order valence-corrected chi connectivity index (χ0v) is 14.8. The molecule has 0 bridgehead atoms. The van der Waals surface area contributed by atoms with Gasteiger partial charge in [0, 0.05) is 29.9 Å². The van der Waals surface area contributed by atoms with Gasteiger partial charge in [0.1, 0.15) is 0 Å². The quantitative estimate of drug-likeness (QED) is 0.860. The molecule has 2 N–H and O–H groups in total. The predicted molar refractivity (Wildman–Crippen MR) is 102 cm³/mol. The molecular formula is C20H21N3O3. The second-order valence-electron chi connectivity index (χ2n) is 6.39. The number of hydrogen-bond donors (Lipinski definition) is 2. The summed E-state index contributed by atoms with van der Waals surface area (Å²) in [5, 5.41) is 18.3. The van der Waals surface area contributed by atoms with E-state index in [4.69, 9.17) is 5.11 Å². The van der Waals surface area contributed by atoms with Gasteiger partial charge in [-0.15, -0.1) is 0 Å². The van der Waals surface area contributed by atoms with Gasteiger partial charge in [0.2, 0.25) is 0 Å². The molecule has 6 heteroatoms. The van der Waals surface area contributed by atoms with Crippen LogP contribution in [0.5, 0.6) is 0 Å². The van der Waals surface area contributed by atoms with Gasteiger partial charge in [0.05, 0.1) is 11.6 Å². The van der Waals surface area contributed by atoms with E-state index in [-0.39, 0.29) is 5.91 Å². The molecule has 0 fully saturated rings. The Morgan fingerprint density at radius 1 is 1.19 bits per heavy atom. The third-order valence-corrected chi connectivity index (χ3v) is 4.42. The van der Waals surface area contributed by atoms with Gasteiger partial charge in [0.15, 0.2) is 0 Å². The first-order chi connectivity index (χ1) is 12.4. The molecule has 0 aliphatic carbocycles. The summed E-state index contributed by atoms with van der Waals surface area (Å²) in [5.41, 5.74) is 3.81. The van der Waals surface area contributed by atoms with Crippen LogP contribution >= 0.6 is 0 Å². The lowest BCUT2D eigenvalue weighted by molar-refractivity contribution is -0.138. The van der Waals surface area contributed by atoms with Crippen molar-refractivity contribution in [2.45, 2.75) is 26.2 Å². The summed E-state index contributed by atoms with van der Waals surface area (Å²) in [6.45, 7) is 4.47. The fourth-order valence-corrected chi connectivity index (χ4v) is 2.78. The zero-order chi connectivity index (χ0) is 18.7. The molecule has 2 aromatic carbocycles. The summed E-state index contributed by atoms with van der Waals surface area (Å²) >= 11 is 0. The number of anilines is 2. The van der Waals surface area contributed by atoms with Crippen LogP contribution < -0.4 is 10.3 Å². The summed E-state index contributed by atoms with van der Waals surface area (Å²) in [6.07, 6.45) is 0.952. The Morgan fingerprint density at radius 2 is 1.92 bits per heavy atom. The van der Waals surface area contributed by atoms with Crippen molar-refractivity contribution in [3.63, 3.8) is 0 Å². The van der Waals surface area contributed by atoms with E-state index in [1.807, 2.05) is 24.1 Å². The number of nitrogens with zero attached hydrogens (tertiary/aromatic N) is 2. The van der Waals surface area contributed by atoms with Crippen molar-refractivity contribution in [1.82, 2.24) is 0 Å². The molecule has 1 aliphatic rings. The summed E-state index contributed by atoms with van der Waals surface area (Å²) in [7, 11) is 0. The number of benzene rings is 2. The van der Waals surface area contributed by atoms with Crippen LogP contribution in [0.1, 0.15) is 42.1 Å². The molecule has 134 valence electrons. The van der Waals surface area contributed by atoms with Gasteiger partial charge in [-0.1, -0.05) is 12.1 Å². The molecule has 0 radical (unpaired) electrons. The molecule has 0 saturated heterocycles. The molecule has 1 unspecified atom stereocenters. The molecular weight excluding hydrogens is 330 g/mol. The van der Waals surface area contributed by atoms with Gasteiger partial charge in [-0.25, -0.2) is 0 Å². The van der Waals surface area contributed by atoms with E-state index in [1.54, 1.807) is 43.3 Å². The summed E-state index contributed by atoms with van der Waals surface area (Å²) in [6, 6.07) is 14.2. The highest BCUT2D eigenvalue weighted by Gasteiger charge is 2.15. The van der Waals surface area contributed by atoms with E-state index in [0.29, 0.717) is 16.8 Å². The number of rotatable bonds is 5. The second-order valence-corrected chi connectivity index (χ2v) is 6.39. The molecule has 2 aromatic rings. The Morgan fingerprint density at radius 3 is 2.54 bits per heavy atom. The van der Waals surface area contributed by atoms with Crippen LogP contribution in [-0.4, -0.2) is 29.2 Å². The minimum Gasteiger partial charge on any atom is -0.481 e. The number of nitrogens with one attached hydrogen (secondary N) is 1. The van der Waals surface area contributed by atoms with Crippen LogP contribution in [0.15, 0.2) is 53.6 Å². The lowest BCUT2D eigenvalue weighted by atomic mass is 10.0. The van der Waals surface area contributed by atoms with Crippen molar-refractivity contribution in [1.29, 1.82) is 0 Å². The normalized spacial score (nSPS) is 14.7. The van der Waals surface area contributed by atoms with Gasteiger partial charge in [-0.05, 0) is 55.8 Å². The van der Waals surface area contributed by atoms with Crippen LogP contribution in [0.4, 0.5) is 11.4 Å². The average molecular weight is 351 g/mol. The van der Waals surface area contributed by atoms with E-state index in [0.717, 1.165) is 24.4 Å².